The molecule has 0 radical (unpaired) electrons. The maximum atomic E-state index is 12.0. The van der Waals surface area contributed by atoms with Crippen molar-refractivity contribution in [2.75, 3.05) is 13.6 Å². The van der Waals surface area contributed by atoms with Crippen LogP contribution < -0.4 is 5.32 Å². The van der Waals surface area contributed by atoms with Gasteiger partial charge in [-0.3, -0.25) is 4.79 Å². The first-order chi connectivity index (χ1) is 7.29. The van der Waals surface area contributed by atoms with Crippen LogP contribution in [0.1, 0.15) is 44.9 Å². The number of rotatable bonds is 2. The molecule has 4 heteroatoms. The third kappa shape index (κ3) is 3.11. The third-order valence-corrected chi connectivity index (χ3v) is 3.84. The van der Waals surface area contributed by atoms with Crippen molar-refractivity contribution in [3.8, 4) is 0 Å². The van der Waals surface area contributed by atoms with Crippen LogP contribution in [0.5, 0.6) is 0 Å². The van der Waals surface area contributed by atoms with Gasteiger partial charge in [0.2, 0.25) is 5.91 Å². The molecule has 16 heavy (non-hydrogen) atoms. The summed E-state index contributed by atoms with van der Waals surface area (Å²) >= 11 is 0. The zero-order valence-electron chi connectivity index (χ0n) is 10.1. The van der Waals surface area contributed by atoms with E-state index in [0.717, 1.165) is 13.0 Å². The van der Waals surface area contributed by atoms with Crippen LogP contribution in [-0.4, -0.2) is 36.5 Å². The molecular formula is C12H23ClN2O. The molecule has 0 spiro atoms. The standard InChI is InChI=1S/C12H22N2O.ClH/c1-14(12(15)11-8-9-13-11)10-6-4-2-3-5-7-10;/h10-11,13H,2-9H2,1H3;1H/t11-;/m1./s1. The molecule has 1 saturated carbocycles. The molecule has 0 aromatic rings. The molecule has 2 rings (SSSR count). The highest BCUT2D eigenvalue weighted by Gasteiger charge is 2.30. The minimum Gasteiger partial charge on any atom is -0.341 e. The second-order valence-corrected chi connectivity index (χ2v) is 4.89. The lowest BCUT2D eigenvalue weighted by molar-refractivity contribution is -0.136. The van der Waals surface area contributed by atoms with Crippen LogP contribution in [0, 0.1) is 0 Å². The number of amides is 1. The van der Waals surface area contributed by atoms with E-state index in [2.05, 4.69) is 5.32 Å². The largest absolute Gasteiger partial charge is 0.341 e. The van der Waals surface area contributed by atoms with E-state index < -0.39 is 0 Å². The fourth-order valence-electron chi connectivity index (χ4n) is 2.57. The van der Waals surface area contributed by atoms with Crippen LogP contribution in [0.3, 0.4) is 0 Å². The summed E-state index contributed by atoms with van der Waals surface area (Å²) in [5, 5.41) is 3.19. The van der Waals surface area contributed by atoms with Gasteiger partial charge in [0.1, 0.15) is 0 Å². The van der Waals surface area contributed by atoms with Gasteiger partial charge in [-0.05, 0) is 25.8 Å². The number of hydrogen-bond donors (Lipinski definition) is 1. The molecule has 0 aromatic heterocycles. The quantitative estimate of drug-likeness (QED) is 0.756. The molecular weight excluding hydrogens is 224 g/mol. The number of carbonyl (C=O) groups excluding carboxylic acids is 1. The number of hydrogen-bond acceptors (Lipinski definition) is 2. The van der Waals surface area contributed by atoms with E-state index >= 15 is 0 Å². The summed E-state index contributed by atoms with van der Waals surface area (Å²) in [6.07, 6.45) is 8.71. The summed E-state index contributed by atoms with van der Waals surface area (Å²) in [6, 6.07) is 0.626. The summed E-state index contributed by atoms with van der Waals surface area (Å²) in [6.45, 7) is 1.01. The molecule has 1 aliphatic heterocycles. The van der Waals surface area contributed by atoms with E-state index in [-0.39, 0.29) is 18.4 Å². The van der Waals surface area contributed by atoms with E-state index in [9.17, 15) is 4.79 Å². The Balaban J connectivity index is 0.00000128. The number of likely N-dealkylation sites (N-methyl/N-ethyl adjacent to an activating group) is 1. The average molecular weight is 247 g/mol. The van der Waals surface area contributed by atoms with Gasteiger partial charge in [-0.15, -0.1) is 12.4 Å². The molecule has 1 saturated heterocycles. The summed E-state index contributed by atoms with van der Waals surface area (Å²) in [5.74, 6) is 0.313. The molecule has 94 valence electrons. The molecule has 1 aliphatic carbocycles. The van der Waals surface area contributed by atoms with Gasteiger partial charge in [0.25, 0.3) is 0 Å². The molecule has 2 fully saturated rings. The highest BCUT2D eigenvalue weighted by Crippen LogP contribution is 2.22. The lowest BCUT2D eigenvalue weighted by atomic mass is 10.0. The van der Waals surface area contributed by atoms with E-state index in [1.807, 2.05) is 11.9 Å². The maximum Gasteiger partial charge on any atom is 0.239 e. The Morgan fingerprint density at radius 2 is 1.69 bits per heavy atom. The lowest BCUT2D eigenvalue weighted by Crippen LogP contribution is -2.55. The van der Waals surface area contributed by atoms with Crippen LogP contribution in [0.15, 0.2) is 0 Å². The van der Waals surface area contributed by atoms with E-state index in [0.29, 0.717) is 11.9 Å². The number of carbonyl (C=O) groups is 1. The predicted molar refractivity (Wildman–Crippen MR) is 67.9 cm³/mol. The Kier molecular flexibility index (Phi) is 5.56. The van der Waals surface area contributed by atoms with Crippen molar-refractivity contribution in [2.24, 2.45) is 0 Å². The molecule has 1 atom stereocenters. The summed E-state index contributed by atoms with van der Waals surface area (Å²) in [5.41, 5.74) is 0. The Morgan fingerprint density at radius 1 is 1.12 bits per heavy atom. The second kappa shape index (κ2) is 6.45. The fourth-order valence-corrected chi connectivity index (χ4v) is 2.57. The molecule has 1 amide bonds. The number of halogens is 1. The second-order valence-electron chi connectivity index (χ2n) is 4.89. The van der Waals surface area contributed by atoms with Crippen molar-refractivity contribution in [2.45, 2.75) is 57.0 Å². The van der Waals surface area contributed by atoms with Gasteiger partial charge in [0.05, 0.1) is 6.04 Å². The zero-order chi connectivity index (χ0) is 10.7. The van der Waals surface area contributed by atoms with Crippen molar-refractivity contribution in [3.63, 3.8) is 0 Å². The van der Waals surface area contributed by atoms with Crippen molar-refractivity contribution in [3.05, 3.63) is 0 Å². The van der Waals surface area contributed by atoms with Gasteiger partial charge < -0.3 is 10.2 Å². The van der Waals surface area contributed by atoms with E-state index in [1.165, 1.54) is 38.5 Å². The molecule has 2 aliphatic rings. The Labute approximate surface area is 104 Å². The van der Waals surface area contributed by atoms with Gasteiger partial charge in [0.15, 0.2) is 0 Å². The number of nitrogens with one attached hydrogen (secondary N) is 1. The predicted octanol–water partition coefficient (Wildman–Crippen LogP) is 1.95. The highest BCUT2D eigenvalue weighted by atomic mass is 35.5. The van der Waals surface area contributed by atoms with Crippen molar-refractivity contribution in [1.82, 2.24) is 10.2 Å². The van der Waals surface area contributed by atoms with Gasteiger partial charge in [-0.1, -0.05) is 25.7 Å². The van der Waals surface area contributed by atoms with Crippen LogP contribution in [0.2, 0.25) is 0 Å². The van der Waals surface area contributed by atoms with Crippen molar-refractivity contribution < 1.29 is 4.79 Å². The normalized spacial score (nSPS) is 26.2. The van der Waals surface area contributed by atoms with Gasteiger partial charge in [-0.2, -0.15) is 0 Å². The smallest absolute Gasteiger partial charge is 0.239 e. The minimum absolute atomic E-state index is 0. The van der Waals surface area contributed by atoms with Crippen LogP contribution in [0.25, 0.3) is 0 Å². The zero-order valence-corrected chi connectivity index (χ0v) is 10.9. The monoisotopic (exact) mass is 246 g/mol. The SMILES string of the molecule is CN(C(=O)[C@H]1CCN1)C1CCCCCC1.Cl. The molecule has 1 heterocycles. The molecule has 1 N–H and O–H groups in total. The van der Waals surface area contributed by atoms with Gasteiger partial charge in [0, 0.05) is 13.1 Å². The Bertz CT molecular complexity index is 223. The van der Waals surface area contributed by atoms with Crippen LogP contribution in [-0.2, 0) is 4.79 Å². The third-order valence-electron chi connectivity index (χ3n) is 3.84. The lowest BCUT2D eigenvalue weighted by Gasteiger charge is -2.34. The molecule has 0 unspecified atom stereocenters. The summed E-state index contributed by atoms with van der Waals surface area (Å²) in [4.78, 5) is 14.0. The number of nitrogens with zero attached hydrogens (tertiary/aromatic N) is 1. The first-order valence-electron chi connectivity index (χ1n) is 6.29. The average Bonchev–Trinajstić information content (AvgIpc) is 2.41. The minimum atomic E-state index is 0. The van der Waals surface area contributed by atoms with E-state index in [1.54, 1.807) is 0 Å². The molecule has 3 nitrogen and oxygen atoms in total. The molecule has 0 aromatic carbocycles. The van der Waals surface area contributed by atoms with E-state index in [4.69, 9.17) is 0 Å². The molecule has 0 bridgehead atoms. The summed E-state index contributed by atoms with van der Waals surface area (Å²) in [7, 11) is 1.98. The van der Waals surface area contributed by atoms with Gasteiger partial charge >= 0.3 is 0 Å². The fraction of sp³-hybridized carbons (Fsp3) is 0.917. The first-order valence-corrected chi connectivity index (χ1v) is 6.29. The Hall–Kier alpha value is -0.280. The Morgan fingerprint density at radius 3 is 2.12 bits per heavy atom. The maximum absolute atomic E-state index is 12.0. The summed E-state index contributed by atoms with van der Waals surface area (Å²) < 4.78 is 0. The van der Waals surface area contributed by atoms with Crippen molar-refractivity contribution >= 4 is 18.3 Å². The topological polar surface area (TPSA) is 32.3 Å². The van der Waals surface area contributed by atoms with Crippen molar-refractivity contribution in [1.29, 1.82) is 0 Å². The first kappa shape index (κ1) is 13.8. The van der Waals surface area contributed by atoms with Crippen LogP contribution in [0.4, 0.5) is 0 Å². The van der Waals surface area contributed by atoms with Gasteiger partial charge in [-0.25, -0.2) is 0 Å². The highest BCUT2D eigenvalue weighted by molar-refractivity contribution is 5.85. The van der Waals surface area contributed by atoms with Crippen LogP contribution >= 0.6 is 12.4 Å².